The summed E-state index contributed by atoms with van der Waals surface area (Å²) in [5.74, 6) is 0.0752. The van der Waals surface area contributed by atoms with Crippen LogP contribution in [-0.4, -0.2) is 22.9 Å². The number of pyridine rings is 1. The van der Waals surface area contributed by atoms with Gasteiger partial charge in [0.15, 0.2) is 6.10 Å². The predicted octanol–water partition coefficient (Wildman–Crippen LogP) is 4.07. The lowest BCUT2D eigenvalue weighted by atomic mass is 10.2. The van der Waals surface area contributed by atoms with E-state index in [2.05, 4.69) is 15.6 Å². The summed E-state index contributed by atoms with van der Waals surface area (Å²) in [5, 5.41) is 6.25. The molecular weight excluding hydrogens is 390 g/mol. The van der Waals surface area contributed by atoms with E-state index in [1.807, 2.05) is 12.1 Å². The first-order chi connectivity index (χ1) is 14.0. The van der Waals surface area contributed by atoms with Crippen molar-refractivity contribution in [1.82, 2.24) is 10.3 Å². The Morgan fingerprint density at radius 1 is 1.10 bits per heavy atom. The van der Waals surface area contributed by atoms with Gasteiger partial charge in [0.05, 0.1) is 5.56 Å². The fraction of sp³-hybridized carbons (Fsp3) is 0.136. The fourth-order valence-electron chi connectivity index (χ4n) is 2.56. The van der Waals surface area contributed by atoms with E-state index in [0.717, 1.165) is 5.56 Å². The average Bonchev–Trinajstić information content (AvgIpc) is 2.74. The Balaban J connectivity index is 1.53. The van der Waals surface area contributed by atoms with E-state index < -0.39 is 6.10 Å². The lowest BCUT2D eigenvalue weighted by molar-refractivity contribution is -0.127. The van der Waals surface area contributed by atoms with Crippen molar-refractivity contribution in [2.45, 2.75) is 19.6 Å². The van der Waals surface area contributed by atoms with Crippen LogP contribution >= 0.6 is 11.6 Å². The number of anilines is 1. The van der Waals surface area contributed by atoms with Gasteiger partial charge in [0.1, 0.15) is 5.75 Å². The van der Waals surface area contributed by atoms with Crippen molar-refractivity contribution in [2.75, 3.05) is 5.32 Å². The molecule has 1 unspecified atom stereocenters. The molecule has 2 amide bonds. The first kappa shape index (κ1) is 20.4. The zero-order valence-electron chi connectivity index (χ0n) is 15.8. The van der Waals surface area contributed by atoms with Crippen molar-refractivity contribution in [2.24, 2.45) is 0 Å². The number of amides is 2. The fourth-order valence-corrected chi connectivity index (χ4v) is 2.69. The zero-order valence-corrected chi connectivity index (χ0v) is 16.5. The maximum Gasteiger partial charge on any atom is 0.261 e. The minimum absolute atomic E-state index is 0.246. The standard InChI is InChI=1S/C22H20ClN3O3/c1-15(29-20-9-7-18(23)8-10-20)21(27)25-13-16-4-2-6-19(12-16)26-22(28)17-5-3-11-24-14-17/h2-12,14-15H,13H2,1H3,(H,25,27)(H,26,28). The van der Waals surface area contributed by atoms with Gasteiger partial charge in [-0.15, -0.1) is 0 Å². The number of hydrogen-bond donors (Lipinski definition) is 2. The Kier molecular flexibility index (Phi) is 6.81. The summed E-state index contributed by atoms with van der Waals surface area (Å²) >= 11 is 5.84. The molecule has 0 spiro atoms. The van der Waals surface area contributed by atoms with Crippen molar-refractivity contribution in [3.05, 3.63) is 89.2 Å². The van der Waals surface area contributed by atoms with Gasteiger partial charge >= 0.3 is 0 Å². The quantitative estimate of drug-likeness (QED) is 0.616. The third-order valence-electron chi connectivity index (χ3n) is 4.07. The third kappa shape index (κ3) is 6.05. The lowest BCUT2D eigenvalue weighted by Gasteiger charge is -2.15. The Morgan fingerprint density at radius 2 is 1.90 bits per heavy atom. The van der Waals surface area contributed by atoms with Gasteiger partial charge in [-0.05, 0) is 61.0 Å². The average molecular weight is 410 g/mol. The summed E-state index contributed by atoms with van der Waals surface area (Å²) in [6, 6.07) is 17.5. The largest absolute Gasteiger partial charge is 0.481 e. The molecule has 0 aliphatic carbocycles. The Labute approximate surface area is 173 Å². The number of rotatable bonds is 7. The second kappa shape index (κ2) is 9.71. The second-order valence-corrected chi connectivity index (χ2v) is 6.76. The van der Waals surface area contributed by atoms with Gasteiger partial charge in [-0.2, -0.15) is 0 Å². The van der Waals surface area contributed by atoms with E-state index in [-0.39, 0.29) is 11.8 Å². The number of aromatic nitrogens is 1. The van der Waals surface area contributed by atoms with E-state index in [9.17, 15) is 9.59 Å². The molecule has 0 saturated carbocycles. The first-order valence-corrected chi connectivity index (χ1v) is 9.39. The number of nitrogens with zero attached hydrogens (tertiary/aromatic N) is 1. The molecule has 2 aromatic carbocycles. The van der Waals surface area contributed by atoms with Gasteiger partial charge in [-0.1, -0.05) is 23.7 Å². The summed E-state index contributed by atoms with van der Waals surface area (Å²) in [7, 11) is 0. The highest BCUT2D eigenvalue weighted by molar-refractivity contribution is 6.30. The van der Waals surface area contributed by atoms with Crippen LogP contribution < -0.4 is 15.4 Å². The van der Waals surface area contributed by atoms with Crippen molar-refractivity contribution < 1.29 is 14.3 Å². The number of hydrogen-bond acceptors (Lipinski definition) is 4. The van der Waals surface area contributed by atoms with Crippen molar-refractivity contribution >= 4 is 29.1 Å². The zero-order chi connectivity index (χ0) is 20.6. The number of halogens is 1. The van der Waals surface area contributed by atoms with Crippen molar-refractivity contribution in [3.63, 3.8) is 0 Å². The smallest absolute Gasteiger partial charge is 0.261 e. The molecule has 1 atom stereocenters. The molecule has 0 saturated heterocycles. The van der Waals surface area contributed by atoms with E-state index in [1.165, 1.54) is 6.20 Å². The maximum atomic E-state index is 12.3. The molecule has 3 rings (SSSR count). The number of carbonyl (C=O) groups excluding carboxylic acids is 2. The summed E-state index contributed by atoms with van der Waals surface area (Å²) in [4.78, 5) is 28.5. The molecule has 7 heteroatoms. The summed E-state index contributed by atoms with van der Waals surface area (Å²) in [6.07, 6.45) is 2.45. The molecule has 148 valence electrons. The molecule has 6 nitrogen and oxygen atoms in total. The summed E-state index contributed by atoms with van der Waals surface area (Å²) in [6.45, 7) is 1.98. The molecule has 1 aromatic heterocycles. The van der Waals surface area contributed by atoms with E-state index in [4.69, 9.17) is 16.3 Å². The number of benzene rings is 2. The van der Waals surface area contributed by atoms with Crippen LogP contribution in [0.25, 0.3) is 0 Å². The van der Waals surface area contributed by atoms with Crippen LogP contribution in [0.4, 0.5) is 5.69 Å². The molecule has 1 heterocycles. The monoisotopic (exact) mass is 409 g/mol. The van der Waals surface area contributed by atoms with Crippen LogP contribution in [0, 0.1) is 0 Å². The number of nitrogens with one attached hydrogen (secondary N) is 2. The van der Waals surface area contributed by atoms with Gasteiger partial charge in [0.25, 0.3) is 11.8 Å². The Morgan fingerprint density at radius 3 is 2.62 bits per heavy atom. The van der Waals surface area contributed by atoms with Gasteiger partial charge in [0.2, 0.25) is 0 Å². The minimum Gasteiger partial charge on any atom is -0.481 e. The molecular formula is C22H20ClN3O3. The highest BCUT2D eigenvalue weighted by Gasteiger charge is 2.14. The van der Waals surface area contributed by atoms with Gasteiger partial charge < -0.3 is 15.4 Å². The van der Waals surface area contributed by atoms with Crippen molar-refractivity contribution in [1.29, 1.82) is 0 Å². The normalized spacial score (nSPS) is 11.4. The van der Waals surface area contributed by atoms with Gasteiger partial charge in [-0.3, -0.25) is 14.6 Å². The predicted molar refractivity (Wildman–Crippen MR) is 112 cm³/mol. The molecule has 0 radical (unpaired) electrons. The van der Waals surface area contributed by atoms with Crippen molar-refractivity contribution in [3.8, 4) is 5.75 Å². The van der Waals surface area contributed by atoms with Crippen LogP contribution in [0.2, 0.25) is 5.02 Å². The molecule has 0 bridgehead atoms. The lowest BCUT2D eigenvalue weighted by Crippen LogP contribution is -2.35. The maximum absolute atomic E-state index is 12.3. The third-order valence-corrected chi connectivity index (χ3v) is 4.32. The van der Waals surface area contributed by atoms with Gasteiger partial charge in [-0.25, -0.2) is 0 Å². The molecule has 2 N–H and O–H groups in total. The van der Waals surface area contributed by atoms with E-state index >= 15 is 0 Å². The summed E-state index contributed by atoms with van der Waals surface area (Å²) in [5.41, 5.74) is 1.96. The highest BCUT2D eigenvalue weighted by atomic mass is 35.5. The topological polar surface area (TPSA) is 80.3 Å². The summed E-state index contributed by atoms with van der Waals surface area (Å²) < 4.78 is 5.61. The van der Waals surface area contributed by atoms with Crippen LogP contribution in [-0.2, 0) is 11.3 Å². The highest BCUT2D eigenvalue weighted by Crippen LogP contribution is 2.17. The molecule has 29 heavy (non-hydrogen) atoms. The Hall–Kier alpha value is -3.38. The molecule has 0 aliphatic rings. The van der Waals surface area contributed by atoms with Crippen LogP contribution in [0.15, 0.2) is 73.1 Å². The van der Waals surface area contributed by atoms with E-state index in [0.29, 0.717) is 28.6 Å². The Bertz CT molecular complexity index is 978. The van der Waals surface area contributed by atoms with E-state index in [1.54, 1.807) is 61.7 Å². The molecule has 0 aliphatic heterocycles. The second-order valence-electron chi connectivity index (χ2n) is 6.33. The van der Waals surface area contributed by atoms with Crippen LogP contribution in [0.3, 0.4) is 0 Å². The molecule has 0 fully saturated rings. The molecule has 3 aromatic rings. The SMILES string of the molecule is CC(Oc1ccc(Cl)cc1)C(=O)NCc1cccc(NC(=O)c2cccnc2)c1. The van der Waals surface area contributed by atoms with Gasteiger partial charge in [0, 0.05) is 29.6 Å². The number of carbonyl (C=O) groups is 2. The minimum atomic E-state index is -0.662. The first-order valence-electron chi connectivity index (χ1n) is 9.01. The van der Waals surface area contributed by atoms with Crippen LogP contribution in [0.5, 0.6) is 5.75 Å². The van der Waals surface area contributed by atoms with Crippen LogP contribution in [0.1, 0.15) is 22.8 Å². The number of ether oxygens (including phenoxy) is 1.